The molecule has 0 saturated heterocycles. The fourth-order valence-electron chi connectivity index (χ4n) is 2.11. The lowest BCUT2D eigenvalue weighted by atomic mass is 10.2. The van der Waals surface area contributed by atoms with Crippen LogP contribution < -0.4 is 10.3 Å². The van der Waals surface area contributed by atoms with Gasteiger partial charge in [0.25, 0.3) is 5.56 Å². The van der Waals surface area contributed by atoms with Gasteiger partial charge in [-0.3, -0.25) is 9.78 Å². The second kappa shape index (κ2) is 5.54. The van der Waals surface area contributed by atoms with Gasteiger partial charge in [0, 0.05) is 5.56 Å². The SMILES string of the molecule is CCOc1cncc2nc(-c3ccccc3Cl)[nH]c(=O)c12. The van der Waals surface area contributed by atoms with E-state index in [2.05, 4.69) is 15.0 Å². The normalized spacial score (nSPS) is 10.8. The molecule has 0 amide bonds. The van der Waals surface area contributed by atoms with Gasteiger partial charge in [-0.25, -0.2) is 4.98 Å². The molecule has 106 valence electrons. The van der Waals surface area contributed by atoms with Crippen molar-refractivity contribution in [2.75, 3.05) is 6.61 Å². The Labute approximate surface area is 125 Å². The summed E-state index contributed by atoms with van der Waals surface area (Å²) in [7, 11) is 0. The van der Waals surface area contributed by atoms with E-state index >= 15 is 0 Å². The van der Waals surface area contributed by atoms with Gasteiger partial charge in [-0.05, 0) is 19.1 Å². The molecule has 2 heterocycles. The average molecular weight is 302 g/mol. The lowest BCUT2D eigenvalue weighted by Gasteiger charge is -2.08. The lowest BCUT2D eigenvalue weighted by molar-refractivity contribution is 0.343. The minimum Gasteiger partial charge on any atom is -0.491 e. The first-order valence-electron chi connectivity index (χ1n) is 6.46. The van der Waals surface area contributed by atoms with Crippen LogP contribution in [0.2, 0.25) is 5.02 Å². The number of nitrogens with one attached hydrogen (secondary N) is 1. The van der Waals surface area contributed by atoms with Crippen molar-refractivity contribution in [2.45, 2.75) is 6.92 Å². The first kappa shape index (κ1) is 13.6. The van der Waals surface area contributed by atoms with Crippen molar-refractivity contribution in [1.82, 2.24) is 15.0 Å². The zero-order valence-electron chi connectivity index (χ0n) is 11.3. The number of hydrogen-bond donors (Lipinski definition) is 1. The number of pyridine rings is 1. The number of aromatic amines is 1. The zero-order chi connectivity index (χ0) is 14.8. The molecule has 0 fully saturated rings. The van der Waals surface area contributed by atoms with Crippen molar-refractivity contribution in [3.05, 3.63) is 52.0 Å². The molecule has 0 spiro atoms. The molecule has 1 N–H and O–H groups in total. The Hall–Kier alpha value is -2.40. The van der Waals surface area contributed by atoms with Gasteiger partial charge in [0.05, 0.1) is 24.0 Å². The summed E-state index contributed by atoms with van der Waals surface area (Å²) in [6.07, 6.45) is 3.05. The molecule has 0 aliphatic carbocycles. The highest BCUT2D eigenvalue weighted by atomic mass is 35.5. The third-order valence-corrected chi connectivity index (χ3v) is 3.34. The van der Waals surface area contributed by atoms with E-state index in [1.807, 2.05) is 19.1 Å². The van der Waals surface area contributed by atoms with E-state index in [4.69, 9.17) is 16.3 Å². The van der Waals surface area contributed by atoms with Crippen LogP contribution in [0.3, 0.4) is 0 Å². The number of ether oxygens (including phenoxy) is 1. The summed E-state index contributed by atoms with van der Waals surface area (Å²) in [6, 6.07) is 7.20. The highest BCUT2D eigenvalue weighted by molar-refractivity contribution is 6.33. The molecule has 0 aliphatic heterocycles. The summed E-state index contributed by atoms with van der Waals surface area (Å²) in [6.45, 7) is 2.30. The predicted octanol–water partition coefficient (Wildman–Crippen LogP) is 3.04. The molecule has 5 nitrogen and oxygen atoms in total. The second-order valence-electron chi connectivity index (χ2n) is 4.36. The topological polar surface area (TPSA) is 67.9 Å². The van der Waals surface area contributed by atoms with Crippen LogP contribution in [-0.2, 0) is 0 Å². The summed E-state index contributed by atoms with van der Waals surface area (Å²) < 4.78 is 5.42. The number of nitrogens with zero attached hydrogens (tertiary/aromatic N) is 2. The molecule has 0 bridgehead atoms. The van der Waals surface area contributed by atoms with Crippen molar-refractivity contribution in [1.29, 1.82) is 0 Å². The van der Waals surface area contributed by atoms with E-state index in [9.17, 15) is 4.79 Å². The minimum atomic E-state index is -0.277. The van der Waals surface area contributed by atoms with E-state index in [-0.39, 0.29) is 5.56 Å². The Morgan fingerprint density at radius 3 is 2.86 bits per heavy atom. The van der Waals surface area contributed by atoms with Gasteiger partial charge < -0.3 is 9.72 Å². The van der Waals surface area contributed by atoms with Crippen LogP contribution >= 0.6 is 11.6 Å². The summed E-state index contributed by atoms with van der Waals surface area (Å²) in [4.78, 5) is 23.6. The predicted molar refractivity (Wildman–Crippen MR) is 81.8 cm³/mol. The maximum atomic E-state index is 12.3. The Kier molecular flexibility index (Phi) is 3.58. The molecule has 1 aromatic carbocycles. The fourth-order valence-corrected chi connectivity index (χ4v) is 2.33. The largest absolute Gasteiger partial charge is 0.491 e. The molecular weight excluding hydrogens is 290 g/mol. The standard InChI is InChI=1S/C15H12ClN3O2/c1-2-21-12-8-17-7-11-13(12)15(20)19-14(18-11)9-5-3-4-6-10(9)16/h3-8H,2H2,1H3,(H,18,19,20). The van der Waals surface area contributed by atoms with E-state index < -0.39 is 0 Å². The Morgan fingerprint density at radius 1 is 1.29 bits per heavy atom. The molecule has 2 aromatic heterocycles. The number of rotatable bonds is 3. The summed E-state index contributed by atoms with van der Waals surface area (Å²) in [5.74, 6) is 0.836. The first-order chi connectivity index (χ1) is 10.2. The first-order valence-corrected chi connectivity index (χ1v) is 6.84. The zero-order valence-corrected chi connectivity index (χ0v) is 12.0. The van der Waals surface area contributed by atoms with Crippen LogP contribution in [0.15, 0.2) is 41.5 Å². The fraction of sp³-hybridized carbons (Fsp3) is 0.133. The van der Waals surface area contributed by atoms with E-state index in [1.54, 1.807) is 12.1 Å². The smallest absolute Gasteiger partial charge is 0.262 e. The van der Waals surface area contributed by atoms with Crippen molar-refractivity contribution in [3.63, 3.8) is 0 Å². The minimum absolute atomic E-state index is 0.277. The van der Waals surface area contributed by atoms with E-state index in [1.165, 1.54) is 12.4 Å². The number of fused-ring (bicyclic) bond motifs is 1. The van der Waals surface area contributed by atoms with Crippen molar-refractivity contribution in [3.8, 4) is 17.1 Å². The maximum Gasteiger partial charge on any atom is 0.262 e. The van der Waals surface area contributed by atoms with Gasteiger partial charge in [-0.1, -0.05) is 23.7 Å². The molecular formula is C15H12ClN3O2. The van der Waals surface area contributed by atoms with Gasteiger partial charge in [0.1, 0.15) is 16.7 Å². The van der Waals surface area contributed by atoms with Crippen molar-refractivity contribution in [2.24, 2.45) is 0 Å². The van der Waals surface area contributed by atoms with E-state index in [0.29, 0.717) is 39.7 Å². The van der Waals surface area contributed by atoms with Gasteiger partial charge in [0.2, 0.25) is 0 Å². The van der Waals surface area contributed by atoms with Crippen molar-refractivity contribution < 1.29 is 4.74 Å². The number of benzene rings is 1. The molecule has 3 aromatic rings. The Morgan fingerprint density at radius 2 is 2.10 bits per heavy atom. The number of halogens is 1. The molecule has 0 unspecified atom stereocenters. The van der Waals surface area contributed by atoms with Crippen LogP contribution in [0.25, 0.3) is 22.3 Å². The number of H-pyrrole nitrogens is 1. The van der Waals surface area contributed by atoms with E-state index in [0.717, 1.165) is 0 Å². The lowest BCUT2D eigenvalue weighted by Crippen LogP contribution is -2.11. The van der Waals surface area contributed by atoms with Crippen LogP contribution in [0.5, 0.6) is 5.75 Å². The Bertz CT molecular complexity index is 861. The number of aromatic nitrogens is 3. The van der Waals surface area contributed by atoms with Crippen LogP contribution in [0.4, 0.5) is 0 Å². The van der Waals surface area contributed by atoms with Gasteiger partial charge in [-0.15, -0.1) is 0 Å². The third-order valence-electron chi connectivity index (χ3n) is 3.01. The monoisotopic (exact) mass is 301 g/mol. The van der Waals surface area contributed by atoms with Crippen LogP contribution in [-0.4, -0.2) is 21.6 Å². The molecule has 0 radical (unpaired) electrons. The summed E-state index contributed by atoms with van der Waals surface area (Å²) in [5, 5.41) is 0.913. The van der Waals surface area contributed by atoms with Gasteiger partial charge in [0.15, 0.2) is 5.75 Å². The number of hydrogen-bond acceptors (Lipinski definition) is 4. The third kappa shape index (κ3) is 2.48. The maximum absolute atomic E-state index is 12.3. The van der Waals surface area contributed by atoms with Crippen LogP contribution in [0, 0.1) is 0 Å². The molecule has 3 rings (SSSR count). The Balaban J connectivity index is 2.26. The quantitative estimate of drug-likeness (QED) is 0.807. The van der Waals surface area contributed by atoms with Crippen LogP contribution in [0.1, 0.15) is 6.92 Å². The highest BCUT2D eigenvalue weighted by Gasteiger charge is 2.12. The second-order valence-corrected chi connectivity index (χ2v) is 4.77. The summed E-state index contributed by atoms with van der Waals surface area (Å²) in [5.41, 5.74) is 0.861. The van der Waals surface area contributed by atoms with Gasteiger partial charge in [-0.2, -0.15) is 0 Å². The van der Waals surface area contributed by atoms with Crippen molar-refractivity contribution >= 4 is 22.5 Å². The van der Waals surface area contributed by atoms with Gasteiger partial charge >= 0.3 is 0 Å². The molecule has 0 atom stereocenters. The molecule has 0 aliphatic rings. The molecule has 6 heteroatoms. The molecule has 21 heavy (non-hydrogen) atoms. The average Bonchev–Trinajstić information content (AvgIpc) is 2.48. The summed E-state index contributed by atoms with van der Waals surface area (Å²) >= 11 is 6.14. The highest BCUT2D eigenvalue weighted by Crippen LogP contribution is 2.26. The molecule has 0 saturated carbocycles.